The fourth-order valence-corrected chi connectivity index (χ4v) is 0.539. The van der Waals surface area contributed by atoms with E-state index in [9.17, 15) is 0 Å². The molecular weight excluding hydrogens is 661 g/mol. The van der Waals surface area contributed by atoms with Gasteiger partial charge in [-0.2, -0.15) is 0 Å². The van der Waals surface area contributed by atoms with Crippen molar-refractivity contribution in [2.75, 3.05) is 0 Å². The predicted molar refractivity (Wildman–Crippen MR) is 281 cm³/mol. The van der Waals surface area contributed by atoms with Crippen LogP contribution in [0.25, 0.3) is 0 Å². The third-order valence-corrected chi connectivity index (χ3v) is 7.06. The van der Waals surface area contributed by atoms with Gasteiger partial charge in [-0.05, 0) is 45.3 Å². The minimum atomic E-state index is 0.500. The number of hydrogen-bond acceptors (Lipinski definition) is 0. The van der Waals surface area contributed by atoms with Crippen molar-refractivity contribution in [2.45, 2.75) is 321 Å². The Morgan fingerprint density at radius 2 is 0.418 bits per heavy atom. The molecule has 0 heterocycles. The maximum Gasteiger partial charge on any atom is -0.0359 e. The lowest BCUT2D eigenvalue weighted by Crippen LogP contribution is -2.05. The molecule has 0 heteroatoms. The molecule has 0 aliphatic rings. The minimum absolute atomic E-state index is 0.500. The summed E-state index contributed by atoms with van der Waals surface area (Å²) in [6, 6.07) is 0. The molecule has 0 aromatic heterocycles. The van der Waals surface area contributed by atoms with Crippen LogP contribution < -0.4 is 0 Å². The molecule has 0 amide bonds. The lowest BCUT2D eigenvalue weighted by Gasteiger charge is -2.18. The molecule has 55 heavy (non-hydrogen) atoms. The van der Waals surface area contributed by atoms with Crippen LogP contribution in [0, 0.1) is 45.3 Å². The zero-order valence-corrected chi connectivity index (χ0v) is 48.7. The van der Waals surface area contributed by atoms with Crippen LogP contribution in [0.2, 0.25) is 0 Å². The molecule has 0 aliphatic heterocycles. The highest BCUT2D eigenvalue weighted by Gasteiger charge is 2.09. The van der Waals surface area contributed by atoms with Gasteiger partial charge in [-0.15, -0.1) is 0 Å². The van der Waals surface area contributed by atoms with E-state index in [0.717, 1.165) is 23.7 Å². The maximum atomic E-state index is 2.30. The first-order chi connectivity index (χ1) is 24.7. The van der Waals surface area contributed by atoms with Crippen LogP contribution in [0.1, 0.15) is 321 Å². The van der Waals surface area contributed by atoms with Crippen molar-refractivity contribution in [3.63, 3.8) is 0 Å². The zero-order chi connectivity index (χ0) is 48.7. The Bertz CT molecular complexity index is 415. The molecule has 0 aliphatic carbocycles. The van der Waals surface area contributed by atoms with Crippen LogP contribution in [0.15, 0.2) is 0 Å². The molecule has 356 valence electrons. The summed E-state index contributed by atoms with van der Waals surface area (Å²) in [7, 11) is 0. The average Bonchev–Trinajstić information content (AvgIpc) is 3.11. The molecule has 0 nitrogen and oxygen atoms in total. The van der Waals surface area contributed by atoms with E-state index in [-0.39, 0.29) is 0 Å². The third kappa shape index (κ3) is 365. The first kappa shape index (κ1) is 90.9. The second-order valence-corrected chi connectivity index (χ2v) is 19.7. The minimum Gasteiger partial charge on any atom is -0.0683 e. The van der Waals surface area contributed by atoms with Crippen LogP contribution >= 0.6 is 0 Å². The Morgan fingerprint density at radius 3 is 0.418 bits per heavy atom. The Balaban J connectivity index is -0.0000000322. The Labute approximate surface area is 365 Å². The van der Waals surface area contributed by atoms with Crippen molar-refractivity contribution in [1.29, 1.82) is 0 Å². The van der Waals surface area contributed by atoms with E-state index in [4.69, 9.17) is 0 Å². The van der Waals surface area contributed by atoms with Crippen molar-refractivity contribution in [3.8, 4) is 0 Å². The third-order valence-electron chi connectivity index (χ3n) is 7.06. The van der Waals surface area contributed by atoms with Gasteiger partial charge in [0.15, 0.2) is 0 Å². The summed E-state index contributed by atoms with van der Waals surface area (Å²) in [5, 5.41) is 0. The van der Waals surface area contributed by atoms with Crippen LogP contribution in [0.4, 0.5) is 0 Å². The van der Waals surface area contributed by atoms with Crippen molar-refractivity contribution < 1.29 is 0 Å². The zero-order valence-electron chi connectivity index (χ0n) is 48.7. The summed E-state index contributed by atoms with van der Waals surface area (Å²) in [6.07, 6.45) is 11.7. The van der Waals surface area contributed by atoms with E-state index in [1.807, 2.05) is 55.4 Å². The molecule has 0 saturated heterocycles. The van der Waals surface area contributed by atoms with E-state index in [1.54, 1.807) is 0 Å². The van der Waals surface area contributed by atoms with Crippen molar-refractivity contribution in [3.05, 3.63) is 0 Å². The van der Waals surface area contributed by atoms with Crippen LogP contribution in [0.5, 0.6) is 0 Å². The number of rotatable bonds is 6. The Morgan fingerprint density at radius 1 is 0.309 bits per heavy atom. The van der Waals surface area contributed by atoms with Gasteiger partial charge in [0, 0.05) is 0 Å². The summed E-state index contributed by atoms with van der Waals surface area (Å²) in [4.78, 5) is 0. The highest BCUT2D eigenvalue weighted by molar-refractivity contribution is 4.61. The normalized spacial score (nSPS) is 9.49. The summed E-state index contributed by atoms with van der Waals surface area (Å²) in [6.45, 7) is 82.5. The van der Waals surface area contributed by atoms with Gasteiger partial charge in [0.1, 0.15) is 0 Å². The fraction of sp³-hybridized carbons (Fsp3) is 1.00. The molecule has 0 fully saturated rings. The second-order valence-electron chi connectivity index (χ2n) is 19.7. The molecule has 0 atom stereocenters. The fourth-order valence-electron chi connectivity index (χ4n) is 0.539. The van der Waals surface area contributed by atoms with E-state index in [0.29, 0.717) is 21.7 Å². The van der Waals surface area contributed by atoms with E-state index in [2.05, 4.69) is 208 Å². The van der Waals surface area contributed by atoms with Crippen molar-refractivity contribution in [2.24, 2.45) is 45.3 Å². The average molecular weight is 798 g/mol. The van der Waals surface area contributed by atoms with Gasteiger partial charge >= 0.3 is 0 Å². The summed E-state index contributed by atoms with van der Waals surface area (Å²) in [5.41, 5.74) is 2.17. The first-order valence-electron chi connectivity index (χ1n) is 24.7. The van der Waals surface area contributed by atoms with Gasteiger partial charge in [-0.25, -0.2) is 0 Å². The standard InChI is InChI=1S/C7H16.3C6H14.3C5H12.C4H10.C3H8.4C2H6/c1-5-7(3,4)6-2;2*1-5-6(2,3)4;1-4-6(3)5-2;1-5(2,3)4;2*1-4-5(2)3;1-4(2)3;1-3-2;4*1-2/h5-6H2,1-4H3;2*5H2,1-4H3;6H,4-5H2,1-3H3;1-4H3;2*5H,4H2,1-3H3;4H,1-3H3;3H2,1-2H3;4*1-2H3. The van der Waals surface area contributed by atoms with Gasteiger partial charge in [0.05, 0.1) is 0 Å². The molecule has 0 radical (unpaired) electrons. The van der Waals surface area contributed by atoms with Crippen LogP contribution in [-0.2, 0) is 0 Å². The van der Waals surface area contributed by atoms with Gasteiger partial charge in [-0.1, -0.05) is 321 Å². The van der Waals surface area contributed by atoms with Gasteiger partial charge < -0.3 is 0 Å². The molecular formula is C55H136. The first-order valence-corrected chi connectivity index (χ1v) is 24.7. The summed E-state index contributed by atoms with van der Waals surface area (Å²) in [5.74, 6) is 3.54. The highest BCUT2D eigenvalue weighted by atomic mass is 14.2. The lowest BCUT2D eigenvalue weighted by molar-refractivity contribution is 0.338. The molecule has 0 spiro atoms. The topological polar surface area (TPSA) is 0 Å². The molecule has 0 rings (SSSR count). The lowest BCUT2D eigenvalue weighted by atomic mass is 9.88. The predicted octanol–water partition coefficient (Wildman–Crippen LogP) is 23.5. The van der Waals surface area contributed by atoms with E-state index >= 15 is 0 Å². The van der Waals surface area contributed by atoms with Crippen LogP contribution in [0.3, 0.4) is 0 Å². The monoisotopic (exact) mass is 797 g/mol. The molecule has 0 unspecified atom stereocenters. The molecule has 0 aromatic rings. The Kier molecular flexibility index (Phi) is 124. The number of hydrogen-bond donors (Lipinski definition) is 0. The molecule has 0 bridgehead atoms. The highest BCUT2D eigenvalue weighted by Crippen LogP contribution is 2.22. The maximum absolute atomic E-state index is 2.30. The quantitative estimate of drug-likeness (QED) is 0.251. The molecule has 0 aromatic carbocycles. The van der Waals surface area contributed by atoms with E-state index < -0.39 is 0 Å². The van der Waals surface area contributed by atoms with Gasteiger partial charge in [-0.3, -0.25) is 0 Å². The van der Waals surface area contributed by atoms with Crippen LogP contribution in [-0.4, -0.2) is 0 Å². The molecule has 0 saturated carbocycles. The van der Waals surface area contributed by atoms with E-state index in [1.165, 1.54) is 57.8 Å². The molecule has 0 N–H and O–H groups in total. The summed E-state index contributed by atoms with van der Waals surface area (Å²) < 4.78 is 0. The van der Waals surface area contributed by atoms with Crippen molar-refractivity contribution in [1.82, 2.24) is 0 Å². The van der Waals surface area contributed by atoms with Gasteiger partial charge in [0.2, 0.25) is 0 Å². The van der Waals surface area contributed by atoms with Gasteiger partial charge in [0.25, 0.3) is 0 Å². The summed E-state index contributed by atoms with van der Waals surface area (Å²) >= 11 is 0. The largest absolute Gasteiger partial charge is 0.0683 e. The van der Waals surface area contributed by atoms with Crippen molar-refractivity contribution >= 4 is 0 Å². The Hall–Kier alpha value is 0. The SMILES string of the molecule is CC.CC.CC.CC.CC(C)(C)C.CC(C)C.CCC.CCC(C)(C)C.CCC(C)(C)C.CCC(C)(C)CC.CCC(C)C.CCC(C)C.CCC(C)CC. The smallest absolute Gasteiger partial charge is 0.0359 e. The second kappa shape index (κ2) is 74.9.